The number of hydrogen-bond acceptors (Lipinski definition) is 3. The van der Waals surface area contributed by atoms with Gasteiger partial charge in [-0.05, 0) is 30.7 Å². The van der Waals surface area contributed by atoms with E-state index in [1.807, 2.05) is 62.4 Å². The molecule has 0 aliphatic rings. The Balaban J connectivity index is 2.14. The monoisotopic (exact) mass is 266 g/mol. The van der Waals surface area contributed by atoms with Crippen molar-refractivity contribution in [3.05, 3.63) is 59.7 Å². The third kappa shape index (κ3) is 2.16. The van der Waals surface area contributed by atoms with E-state index in [0.29, 0.717) is 5.69 Å². The highest BCUT2D eigenvalue weighted by Crippen LogP contribution is 2.24. The molecular formula is C16H14N2O2. The van der Waals surface area contributed by atoms with Gasteiger partial charge < -0.3 is 9.63 Å². The molecule has 1 heterocycles. The van der Waals surface area contributed by atoms with E-state index in [0.717, 1.165) is 22.4 Å². The van der Waals surface area contributed by atoms with Crippen LogP contribution in [0.15, 0.2) is 53.1 Å². The second-order valence-electron chi connectivity index (χ2n) is 4.82. The molecule has 0 saturated carbocycles. The summed E-state index contributed by atoms with van der Waals surface area (Å²) in [4.78, 5) is 0. The molecule has 0 fully saturated rings. The summed E-state index contributed by atoms with van der Waals surface area (Å²) in [6.45, 7) is 4.01. The summed E-state index contributed by atoms with van der Waals surface area (Å²) in [5, 5.41) is 15.8. The number of aryl methyl sites for hydroxylation is 2. The van der Waals surface area contributed by atoms with Gasteiger partial charge in [-0.3, -0.25) is 0 Å². The lowest BCUT2D eigenvalue weighted by molar-refractivity contribution is -0.660. The zero-order valence-electron chi connectivity index (χ0n) is 11.3. The molecule has 0 N–H and O–H groups in total. The van der Waals surface area contributed by atoms with E-state index in [1.54, 1.807) is 0 Å². The zero-order valence-corrected chi connectivity index (χ0v) is 11.3. The fraction of sp³-hybridized carbons (Fsp3) is 0.125. The number of hydrogen-bond donors (Lipinski definition) is 0. The quantitative estimate of drug-likeness (QED) is 0.669. The summed E-state index contributed by atoms with van der Waals surface area (Å²) < 4.78 is 6.36. The van der Waals surface area contributed by atoms with E-state index in [2.05, 4.69) is 5.27 Å². The minimum atomic E-state index is -0.436. The van der Waals surface area contributed by atoms with Gasteiger partial charge in [0.15, 0.2) is 5.95 Å². The van der Waals surface area contributed by atoms with Gasteiger partial charge in [-0.1, -0.05) is 35.4 Å². The Morgan fingerprint density at radius 1 is 0.900 bits per heavy atom. The van der Waals surface area contributed by atoms with Gasteiger partial charge in [0.25, 0.3) is 5.69 Å². The molecule has 2 aromatic carbocycles. The smallest absolute Gasteiger partial charge is 0.270 e. The lowest BCUT2D eigenvalue weighted by atomic mass is 10.1. The Morgan fingerprint density at radius 3 is 2.05 bits per heavy atom. The van der Waals surface area contributed by atoms with Crippen molar-refractivity contribution >= 4 is 0 Å². The van der Waals surface area contributed by atoms with E-state index in [4.69, 9.17) is 4.52 Å². The predicted octanol–water partition coefficient (Wildman–Crippen LogP) is 2.31. The van der Waals surface area contributed by atoms with Crippen molar-refractivity contribution in [3.63, 3.8) is 0 Å². The second-order valence-corrected chi connectivity index (χ2v) is 4.82. The maximum atomic E-state index is 11.9. The van der Waals surface area contributed by atoms with Crippen LogP contribution in [0.1, 0.15) is 11.1 Å². The average molecular weight is 266 g/mol. The fourth-order valence-corrected chi connectivity index (χ4v) is 2.06. The number of rotatable bonds is 2. The standard InChI is InChI=1S/C16H14N2O2/c1-11-3-7-13(8-4-11)15-16(19)20-17-18(15)14-9-5-12(2)6-10-14/h3-10H,1-2H3. The highest BCUT2D eigenvalue weighted by Gasteiger charge is 2.21. The van der Waals surface area contributed by atoms with Crippen molar-refractivity contribution in [2.24, 2.45) is 0 Å². The molecule has 0 aliphatic carbocycles. The average Bonchev–Trinajstić information content (AvgIpc) is 2.83. The third-order valence-corrected chi connectivity index (χ3v) is 3.21. The number of nitrogens with zero attached hydrogens (tertiary/aromatic N) is 2. The predicted molar refractivity (Wildman–Crippen MR) is 72.4 cm³/mol. The molecule has 0 bridgehead atoms. The summed E-state index contributed by atoms with van der Waals surface area (Å²) in [5.74, 6) is -0.436. The van der Waals surface area contributed by atoms with Crippen molar-refractivity contribution in [1.82, 2.24) is 5.27 Å². The van der Waals surface area contributed by atoms with Crippen molar-refractivity contribution in [1.29, 1.82) is 0 Å². The molecule has 4 nitrogen and oxygen atoms in total. The molecule has 0 unspecified atom stereocenters. The molecule has 4 heteroatoms. The van der Waals surface area contributed by atoms with Gasteiger partial charge in [0.2, 0.25) is 5.69 Å². The summed E-state index contributed by atoms with van der Waals surface area (Å²) in [7, 11) is 0. The normalized spacial score (nSPS) is 10.7. The number of aromatic nitrogens is 2. The van der Waals surface area contributed by atoms with Gasteiger partial charge in [-0.25, -0.2) is 0 Å². The van der Waals surface area contributed by atoms with E-state index in [-0.39, 0.29) is 0 Å². The van der Waals surface area contributed by atoms with Crippen LogP contribution in [0.4, 0.5) is 0 Å². The lowest BCUT2D eigenvalue weighted by Gasteiger charge is -1.99. The van der Waals surface area contributed by atoms with Crippen LogP contribution in [0.25, 0.3) is 16.9 Å². The zero-order chi connectivity index (χ0) is 14.1. The Kier molecular flexibility index (Phi) is 2.99. The van der Waals surface area contributed by atoms with E-state index in [9.17, 15) is 5.11 Å². The molecule has 100 valence electrons. The minimum absolute atomic E-state index is 0.436. The first-order chi connectivity index (χ1) is 9.65. The highest BCUT2D eigenvalue weighted by atomic mass is 16.6. The van der Waals surface area contributed by atoms with Gasteiger partial charge in [-0.15, -0.1) is 0 Å². The summed E-state index contributed by atoms with van der Waals surface area (Å²) in [5.41, 5.74) is 4.32. The van der Waals surface area contributed by atoms with Crippen LogP contribution in [0.3, 0.4) is 0 Å². The van der Waals surface area contributed by atoms with Crippen molar-refractivity contribution < 1.29 is 14.3 Å². The van der Waals surface area contributed by atoms with Crippen LogP contribution in [-0.4, -0.2) is 5.27 Å². The first kappa shape index (κ1) is 12.4. The minimum Gasteiger partial charge on any atom is -0.539 e. The largest absolute Gasteiger partial charge is 0.539 e. The Bertz CT molecular complexity index is 728. The highest BCUT2D eigenvalue weighted by molar-refractivity contribution is 5.60. The molecule has 0 atom stereocenters. The molecule has 0 saturated heterocycles. The molecule has 0 aliphatic heterocycles. The van der Waals surface area contributed by atoms with Crippen molar-refractivity contribution in [2.45, 2.75) is 13.8 Å². The summed E-state index contributed by atoms with van der Waals surface area (Å²) >= 11 is 0. The second kappa shape index (κ2) is 4.81. The number of benzene rings is 2. The van der Waals surface area contributed by atoms with E-state index in [1.165, 1.54) is 4.68 Å². The maximum Gasteiger partial charge on any atom is 0.270 e. The van der Waals surface area contributed by atoms with Crippen LogP contribution >= 0.6 is 0 Å². The fourth-order valence-electron chi connectivity index (χ4n) is 2.06. The Morgan fingerprint density at radius 2 is 1.45 bits per heavy atom. The maximum absolute atomic E-state index is 11.9. The Labute approximate surface area is 116 Å². The topological polar surface area (TPSA) is 53.0 Å². The first-order valence-electron chi connectivity index (χ1n) is 6.38. The SMILES string of the molecule is Cc1ccc(-c2c([O-])on[n+]2-c2ccc(C)cc2)cc1. The summed E-state index contributed by atoms with van der Waals surface area (Å²) in [6.07, 6.45) is 0. The molecule has 0 amide bonds. The molecule has 1 aromatic heterocycles. The molecule has 20 heavy (non-hydrogen) atoms. The Hall–Kier alpha value is -2.62. The van der Waals surface area contributed by atoms with E-state index >= 15 is 0 Å². The van der Waals surface area contributed by atoms with Crippen LogP contribution in [0.5, 0.6) is 5.95 Å². The first-order valence-corrected chi connectivity index (χ1v) is 6.38. The molecule has 3 aromatic rings. The van der Waals surface area contributed by atoms with Crippen molar-refractivity contribution in [3.8, 4) is 22.9 Å². The molecule has 3 rings (SSSR count). The lowest BCUT2D eigenvalue weighted by Crippen LogP contribution is -2.34. The van der Waals surface area contributed by atoms with Gasteiger partial charge in [0.05, 0.1) is 10.8 Å². The molecule has 0 spiro atoms. The van der Waals surface area contributed by atoms with Crippen LogP contribution in [-0.2, 0) is 0 Å². The summed E-state index contributed by atoms with van der Waals surface area (Å²) in [6, 6.07) is 15.5. The van der Waals surface area contributed by atoms with Crippen LogP contribution in [0.2, 0.25) is 0 Å². The van der Waals surface area contributed by atoms with Crippen LogP contribution < -0.4 is 9.79 Å². The molecular weight excluding hydrogens is 252 g/mol. The van der Waals surface area contributed by atoms with E-state index < -0.39 is 5.95 Å². The third-order valence-electron chi connectivity index (χ3n) is 3.21. The van der Waals surface area contributed by atoms with Gasteiger partial charge >= 0.3 is 0 Å². The van der Waals surface area contributed by atoms with Gasteiger partial charge in [-0.2, -0.15) is 0 Å². The van der Waals surface area contributed by atoms with Gasteiger partial charge in [0.1, 0.15) is 0 Å². The van der Waals surface area contributed by atoms with Gasteiger partial charge in [0, 0.05) is 12.1 Å². The van der Waals surface area contributed by atoms with Crippen LogP contribution in [0, 0.1) is 13.8 Å². The molecule has 0 radical (unpaired) electrons. The van der Waals surface area contributed by atoms with Crippen molar-refractivity contribution in [2.75, 3.05) is 0 Å².